The summed E-state index contributed by atoms with van der Waals surface area (Å²) in [6.07, 6.45) is 1.70. The van der Waals surface area contributed by atoms with Crippen LogP contribution in [0.3, 0.4) is 0 Å². The summed E-state index contributed by atoms with van der Waals surface area (Å²) in [5.41, 5.74) is 6.94. The number of nitrogens with zero attached hydrogens (tertiary/aromatic N) is 1. The second-order valence-corrected chi connectivity index (χ2v) is 11.4. The molecular weight excluding hydrogens is 516 g/mol. The monoisotopic (exact) mass is 550 g/mol. The van der Waals surface area contributed by atoms with Gasteiger partial charge in [0.15, 0.2) is 6.61 Å². The fourth-order valence-corrected chi connectivity index (χ4v) is 7.13. The van der Waals surface area contributed by atoms with Crippen molar-refractivity contribution in [1.29, 1.82) is 0 Å². The van der Waals surface area contributed by atoms with E-state index in [0.717, 1.165) is 39.8 Å². The number of hydrogen-bond acceptors (Lipinski definition) is 5. The molecule has 3 amide bonds. The van der Waals surface area contributed by atoms with E-state index in [1.165, 1.54) is 4.90 Å². The molecule has 3 aliphatic carbocycles. The standard InChI is InChI=1S/C34H34N2O5/c1-4-5-14-26(34(40)41-18-27(37)35-25-16-15-19(2)17-20(25)3)36-32(38)30-28-21-10-6-7-11-22(21)29(31(30)33(36)39)24-13-9-8-12-23(24)28/h6-13,15-17,26,28-31H,4-5,14,18H2,1-3H3,(H,35,37)/t26-,28?,29?,30-,31+/m1/s1. The highest BCUT2D eigenvalue weighted by Crippen LogP contribution is 2.61. The number of anilines is 1. The molecule has 1 fully saturated rings. The molecule has 2 bridgehead atoms. The van der Waals surface area contributed by atoms with Crippen molar-refractivity contribution in [3.8, 4) is 0 Å². The lowest BCUT2D eigenvalue weighted by molar-refractivity contribution is -0.160. The fourth-order valence-electron chi connectivity index (χ4n) is 7.13. The minimum absolute atomic E-state index is 0.245. The van der Waals surface area contributed by atoms with E-state index in [9.17, 15) is 19.2 Å². The van der Waals surface area contributed by atoms with Gasteiger partial charge in [-0.2, -0.15) is 0 Å². The maximum Gasteiger partial charge on any atom is 0.329 e. The molecule has 41 heavy (non-hydrogen) atoms. The van der Waals surface area contributed by atoms with Crippen molar-refractivity contribution in [2.24, 2.45) is 11.8 Å². The predicted octanol–water partition coefficient (Wildman–Crippen LogP) is 5.24. The van der Waals surface area contributed by atoms with Crippen molar-refractivity contribution in [2.75, 3.05) is 11.9 Å². The number of nitrogens with one attached hydrogen (secondary N) is 1. The third-order valence-electron chi connectivity index (χ3n) is 8.90. The highest BCUT2D eigenvalue weighted by atomic mass is 16.5. The van der Waals surface area contributed by atoms with Gasteiger partial charge in [0, 0.05) is 17.5 Å². The van der Waals surface area contributed by atoms with E-state index in [0.29, 0.717) is 18.5 Å². The van der Waals surface area contributed by atoms with Crippen LogP contribution in [0.4, 0.5) is 5.69 Å². The van der Waals surface area contributed by atoms with Gasteiger partial charge in [0.2, 0.25) is 11.8 Å². The third-order valence-corrected chi connectivity index (χ3v) is 8.90. The molecule has 7 rings (SSSR count). The molecule has 1 aliphatic heterocycles. The van der Waals surface area contributed by atoms with E-state index in [2.05, 4.69) is 29.6 Å². The molecule has 4 aliphatic rings. The topological polar surface area (TPSA) is 92.8 Å². The average molecular weight is 551 g/mol. The highest BCUT2D eigenvalue weighted by Gasteiger charge is 2.63. The number of carbonyl (C=O) groups is 4. The van der Waals surface area contributed by atoms with E-state index < -0.39 is 36.4 Å². The quantitative estimate of drug-likeness (QED) is 0.306. The van der Waals surface area contributed by atoms with E-state index in [-0.39, 0.29) is 23.7 Å². The molecule has 1 heterocycles. The average Bonchev–Trinajstić information content (AvgIpc) is 3.24. The molecule has 7 heteroatoms. The number of amides is 3. The van der Waals surface area contributed by atoms with Crippen molar-refractivity contribution in [1.82, 2.24) is 4.90 Å². The first-order chi connectivity index (χ1) is 19.8. The van der Waals surface area contributed by atoms with Gasteiger partial charge in [-0.15, -0.1) is 0 Å². The molecule has 0 radical (unpaired) electrons. The maximum atomic E-state index is 14.1. The number of imide groups is 1. The molecule has 7 nitrogen and oxygen atoms in total. The molecule has 1 saturated heterocycles. The number of unbranched alkanes of at least 4 members (excludes halogenated alkanes) is 1. The van der Waals surface area contributed by atoms with E-state index in [4.69, 9.17) is 4.74 Å². The second-order valence-electron chi connectivity index (χ2n) is 11.4. The molecule has 0 aromatic heterocycles. The van der Waals surface area contributed by atoms with Crippen molar-refractivity contribution in [2.45, 2.75) is 57.9 Å². The summed E-state index contributed by atoms with van der Waals surface area (Å²) in [5, 5.41) is 2.78. The zero-order chi connectivity index (χ0) is 28.8. The normalized spacial score (nSPS) is 22.6. The number of aryl methyl sites for hydroxylation is 2. The van der Waals surface area contributed by atoms with Crippen LogP contribution in [-0.4, -0.2) is 41.2 Å². The van der Waals surface area contributed by atoms with E-state index in [1.54, 1.807) is 0 Å². The Morgan fingerprint density at radius 1 is 0.854 bits per heavy atom. The number of ether oxygens (including phenoxy) is 1. The number of hydrogen-bond donors (Lipinski definition) is 1. The smallest absolute Gasteiger partial charge is 0.329 e. The van der Waals surface area contributed by atoms with Crippen LogP contribution >= 0.6 is 0 Å². The van der Waals surface area contributed by atoms with Gasteiger partial charge in [0.25, 0.3) is 5.91 Å². The lowest BCUT2D eigenvalue weighted by Crippen LogP contribution is -2.47. The van der Waals surface area contributed by atoms with Crippen LogP contribution < -0.4 is 5.32 Å². The number of likely N-dealkylation sites (tertiary alicyclic amines) is 1. The van der Waals surface area contributed by atoms with Gasteiger partial charge in [-0.05, 0) is 54.2 Å². The summed E-state index contributed by atoms with van der Waals surface area (Å²) in [6.45, 7) is 5.35. The van der Waals surface area contributed by atoms with Crippen molar-refractivity contribution in [3.05, 3.63) is 100 Å². The number of benzene rings is 3. The van der Waals surface area contributed by atoms with Gasteiger partial charge in [-0.3, -0.25) is 19.3 Å². The summed E-state index contributed by atoms with van der Waals surface area (Å²) < 4.78 is 5.46. The van der Waals surface area contributed by atoms with Crippen LogP contribution in [0.2, 0.25) is 0 Å². The number of rotatable bonds is 8. The summed E-state index contributed by atoms with van der Waals surface area (Å²) in [6, 6.07) is 20.7. The zero-order valence-electron chi connectivity index (χ0n) is 23.6. The second kappa shape index (κ2) is 10.6. The molecule has 0 saturated carbocycles. The van der Waals surface area contributed by atoms with E-state index >= 15 is 0 Å². The largest absolute Gasteiger partial charge is 0.454 e. The summed E-state index contributed by atoms with van der Waals surface area (Å²) in [4.78, 5) is 55.6. The molecule has 3 aromatic carbocycles. The first-order valence-electron chi connectivity index (χ1n) is 14.4. The van der Waals surface area contributed by atoms with Gasteiger partial charge in [-0.1, -0.05) is 86.0 Å². The SMILES string of the molecule is CCCC[C@H](C(=O)OCC(=O)Nc1ccc(C)cc1C)N1C(=O)[C@@H]2C3c4ccccc4C(c4ccccc43)[C@@H]2C1=O. The first kappa shape index (κ1) is 26.9. The minimum atomic E-state index is -1.07. The van der Waals surface area contributed by atoms with Crippen molar-refractivity contribution < 1.29 is 23.9 Å². The molecule has 0 spiro atoms. The van der Waals surface area contributed by atoms with Crippen LogP contribution in [0.5, 0.6) is 0 Å². The van der Waals surface area contributed by atoms with E-state index in [1.807, 2.05) is 63.2 Å². The van der Waals surface area contributed by atoms with Crippen LogP contribution in [0.25, 0.3) is 0 Å². The Hall–Kier alpha value is -4.26. The Kier molecular flexibility index (Phi) is 6.98. The number of esters is 1. The Morgan fingerprint density at radius 3 is 1.88 bits per heavy atom. The molecule has 210 valence electrons. The summed E-state index contributed by atoms with van der Waals surface area (Å²) in [7, 11) is 0. The van der Waals surface area contributed by atoms with Gasteiger partial charge in [0.1, 0.15) is 6.04 Å². The zero-order valence-corrected chi connectivity index (χ0v) is 23.6. The summed E-state index contributed by atoms with van der Waals surface area (Å²) in [5.74, 6) is -3.47. The van der Waals surface area contributed by atoms with Crippen LogP contribution in [-0.2, 0) is 23.9 Å². The van der Waals surface area contributed by atoms with Gasteiger partial charge in [-0.25, -0.2) is 4.79 Å². The van der Waals surface area contributed by atoms with Gasteiger partial charge < -0.3 is 10.1 Å². The Bertz CT molecular complexity index is 1450. The first-order valence-corrected chi connectivity index (χ1v) is 14.4. The van der Waals surface area contributed by atoms with Gasteiger partial charge in [0.05, 0.1) is 11.8 Å². The molecule has 3 aromatic rings. The molecule has 1 N–H and O–H groups in total. The Morgan fingerprint density at radius 2 is 1.39 bits per heavy atom. The van der Waals surface area contributed by atoms with Crippen molar-refractivity contribution >= 4 is 29.4 Å². The van der Waals surface area contributed by atoms with Crippen LogP contribution in [0.1, 0.15) is 71.4 Å². The van der Waals surface area contributed by atoms with Crippen LogP contribution in [0, 0.1) is 25.7 Å². The van der Waals surface area contributed by atoms with Crippen molar-refractivity contribution in [3.63, 3.8) is 0 Å². The maximum absolute atomic E-state index is 14.1. The van der Waals surface area contributed by atoms with Gasteiger partial charge >= 0.3 is 5.97 Å². The lowest BCUT2D eigenvalue weighted by atomic mass is 9.55. The summed E-state index contributed by atoms with van der Waals surface area (Å²) >= 11 is 0. The molecule has 3 atom stereocenters. The fraction of sp³-hybridized carbons (Fsp3) is 0.353. The van der Waals surface area contributed by atoms with Crippen LogP contribution in [0.15, 0.2) is 66.7 Å². The highest BCUT2D eigenvalue weighted by molar-refractivity contribution is 6.10. The Labute approximate surface area is 239 Å². The number of carbonyl (C=O) groups excluding carboxylic acids is 4. The molecular formula is C34H34N2O5. The third kappa shape index (κ3) is 4.44. The Balaban J connectivity index is 1.26. The lowest BCUT2D eigenvalue weighted by Gasteiger charge is -2.45. The molecule has 0 unspecified atom stereocenters. The predicted molar refractivity (Wildman–Crippen MR) is 154 cm³/mol. The minimum Gasteiger partial charge on any atom is -0.454 e.